The van der Waals surface area contributed by atoms with Crippen LogP contribution in [0.4, 0.5) is 14.5 Å². The first-order valence-corrected chi connectivity index (χ1v) is 12.6. The lowest BCUT2D eigenvalue weighted by Gasteiger charge is -2.27. The van der Waals surface area contributed by atoms with E-state index in [4.69, 9.17) is 26.8 Å². The van der Waals surface area contributed by atoms with Gasteiger partial charge in [-0.15, -0.1) is 0 Å². The van der Waals surface area contributed by atoms with Crippen LogP contribution in [0.25, 0.3) is 0 Å². The van der Waals surface area contributed by atoms with Crippen molar-refractivity contribution in [2.24, 2.45) is 5.73 Å². The highest BCUT2D eigenvalue weighted by molar-refractivity contribution is 7.92. The normalized spacial score (nSPS) is 11.2. The third-order valence-electron chi connectivity index (χ3n) is 5.43. The lowest BCUT2D eigenvalue weighted by atomic mass is 10.0. The Bertz CT molecular complexity index is 1370. The summed E-state index contributed by atoms with van der Waals surface area (Å²) in [6.45, 7) is -0.111. The second-order valence-electron chi connectivity index (χ2n) is 7.85. The summed E-state index contributed by atoms with van der Waals surface area (Å²) in [5, 5.41) is 0.283. The van der Waals surface area contributed by atoms with E-state index < -0.39 is 27.6 Å². The monoisotopic (exact) mass is 538 g/mol. The molecule has 0 radical (unpaired) electrons. The number of nitrogens with two attached hydrogens (primary N) is 1. The lowest BCUT2D eigenvalue weighted by molar-refractivity contribution is -0.118. The molecular weight excluding hydrogens is 514 g/mol. The first kappa shape index (κ1) is 27.2. The van der Waals surface area contributed by atoms with E-state index in [1.165, 1.54) is 50.6 Å². The molecule has 0 saturated heterocycles. The molecular formula is C25H25ClF2N2O5S. The van der Waals surface area contributed by atoms with Crippen LogP contribution in [0, 0.1) is 11.6 Å². The minimum absolute atomic E-state index is 0.0270. The Hall–Kier alpha value is -3.37. The Kier molecular flexibility index (Phi) is 8.75. The molecule has 0 aliphatic rings. The molecule has 0 aliphatic heterocycles. The van der Waals surface area contributed by atoms with Gasteiger partial charge >= 0.3 is 0 Å². The summed E-state index contributed by atoms with van der Waals surface area (Å²) in [6, 6.07) is 11.6. The minimum atomic E-state index is -4.22. The van der Waals surface area contributed by atoms with Crippen LogP contribution in [0.15, 0.2) is 59.5 Å². The van der Waals surface area contributed by atoms with Crippen molar-refractivity contribution in [1.82, 2.24) is 0 Å². The Morgan fingerprint density at radius 3 is 2.36 bits per heavy atom. The van der Waals surface area contributed by atoms with Gasteiger partial charge in [0, 0.05) is 30.5 Å². The van der Waals surface area contributed by atoms with Crippen LogP contribution < -0.4 is 19.5 Å². The predicted molar refractivity (Wildman–Crippen MR) is 133 cm³/mol. The molecule has 0 unspecified atom stereocenters. The van der Waals surface area contributed by atoms with E-state index >= 15 is 0 Å². The summed E-state index contributed by atoms with van der Waals surface area (Å²) in [6.07, 6.45) is -0.0646. The first-order valence-electron chi connectivity index (χ1n) is 10.8. The summed E-state index contributed by atoms with van der Waals surface area (Å²) in [5.41, 5.74) is 5.82. The van der Waals surface area contributed by atoms with E-state index in [0.717, 1.165) is 22.5 Å². The highest BCUT2D eigenvalue weighted by Gasteiger charge is 2.28. The second kappa shape index (κ2) is 11.6. The fourth-order valence-electron chi connectivity index (χ4n) is 3.69. The van der Waals surface area contributed by atoms with Crippen LogP contribution in [0.2, 0.25) is 5.02 Å². The zero-order valence-electron chi connectivity index (χ0n) is 19.6. The van der Waals surface area contributed by atoms with Crippen molar-refractivity contribution in [3.8, 4) is 11.5 Å². The Labute approximate surface area is 213 Å². The second-order valence-corrected chi connectivity index (χ2v) is 10.1. The van der Waals surface area contributed by atoms with Crippen LogP contribution in [0.1, 0.15) is 24.0 Å². The van der Waals surface area contributed by atoms with Gasteiger partial charge in [-0.25, -0.2) is 17.2 Å². The molecule has 36 heavy (non-hydrogen) atoms. The molecule has 0 aliphatic carbocycles. The van der Waals surface area contributed by atoms with Gasteiger partial charge in [0.1, 0.15) is 11.6 Å². The Morgan fingerprint density at radius 2 is 1.69 bits per heavy atom. The number of halogens is 3. The number of hydrogen-bond acceptors (Lipinski definition) is 5. The molecule has 0 spiro atoms. The van der Waals surface area contributed by atoms with Gasteiger partial charge in [-0.05, 0) is 66.1 Å². The average molecular weight is 539 g/mol. The van der Waals surface area contributed by atoms with E-state index in [9.17, 15) is 22.0 Å². The zero-order valence-corrected chi connectivity index (χ0v) is 21.2. The molecule has 3 aromatic carbocycles. The molecule has 2 N–H and O–H groups in total. The fraction of sp³-hybridized carbons (Fsp3) is 0.240. The highest BCUT2D eigenvalue weighted by atomic mass is 35.5. The fourth-order valence-corrected chi connectivity index (χ4v) is 5.45. The number of rotatable bonds is 11. The number of hydrogen-bond donors (Lipinski definition) is 1. The molecule has 0 heterocycles. The van der Waals surface area contributed by atoms with Gasteiger partial charge in [-0.1, -0.05) is 11.6 Å². The van der Waals surface area contributed by atoms with Gasteiger partial charge < -0.3 is 15.2 Å². The van der Waals surface area contributed by atoms with Gasteiger partial charge in [0.05, 0.1) is 24.8 Å². The highest BCUT2D eigenvalue weighted by Crippen LogP contribution is 2.35. The number of benzene rings is 3. The number of amides is 1. The molecule has 0 aromatic heterocycles. The quantitative estimate of drug-likeness (QED) is 0.382. The minimum Gasteiger partial charge on any atom is -0.493 e. The number of primary amides is 1. The van der Waals surface area contributed by atoms with Crippen LogP contribution in [-0.4, -0.2) is 35.1 Å². The van der Waals surface area contributed by atoms with E-state index in [-0.39, 0.29) is 52.7 Å². The van der Waals surface area contributed by atoms with Crippen molar-refractivity contribution in [3.63, 3.8) is 0 Å². The molecule has 3 rings (SSSR count). The molecule has 7 nitrogen and oxygen atoms in total. The maximum Gasteiger partial charge on any atom is 0.264 e. The summed E-state index contributed by atoms with van der Waals surface area (Å²) in [5.74, 6) is -1.33. The molecule has 192 valence electrons. The smallest absolute Gasteiger partial charge is 0.264 e. The number of anilines is 1. The molecule has 1 amide bonds. The number of carbonyl (C=O) groups excluding carboxylic acids is 1. The molecule has 0 bridgehead atoms. The standard InChI is InChI=1S/C25H25ClF2N2O5S/c1-34-23-10-7-20(15-24(23)35-2)36(32,33)30(11-3-4-25(29)31)22-9-5-18(26)13-17(22)12-16-14-19(27)6-8-21(16)28/h5-10,13-15H,3-4,11-12H2,1-2H3,(H2,29,31). The third-order valence-corrected chi connectivity index (χ3v) is 7.47. The van der Waals surface area contributed by atoms with Crippen LogP contribution in [-0.2, 0) is 21.2 Å². The van der Waals surface area contributed by atoms with E-state index in [1.807, 2.05) is 0 Å². The number of ether oxygens (including phenoxy) is 2. The first-order chi connectivity index (χ1) is 17.1. The molecule has 0 saturated carbocycles. The Balaban J connectivity index is 2.14. The number of sulfonamides is 1. The largest absolute Gasteiger partial charge is 0.493 e. The average Bonchev–Trinajstić information content (AvgIpc) is 2.84. The van der Waals surface area contributed by atoms with Crippen molar-refractivity contribution >= 4 is 33.2 Å². The molecule has 3 aromatic rings. The maximum absolute atomic E-state index is 14.4. The number of methoxy groups -OCH3 is 2. The Morgan fingerprint density at radius 1 is 0.972 bits per heavy atom. The van der Waals surface area contributed by atoms with Crippen molar-refractivity contribution in [2.75, 3.05) is 25.1 Å². The van der Waals surface area contributed by atoms with E-state index in [0.29, 0.717) is 11.3 Å². The molecule has 0 atom stereocenters. The van der Waals surface area contributed by atoms with E-state index in [1.54, 1.807) is 0 Å². The van der Waals surface area contributed by atoms with Crippen LogP contribution in [0.3, 0.4) is 0 Å². The van der Waals surface area contributed by atoms with Gasteiger partial charge in [0.2, 0.25) is 5.91 Å². The maximum atomic E-state index is 14.4. The SMILES string of the molecule is COc1ccc(S(=O)(=O)N(CCCC(N)=O)c2ccc(Cl)cc2Cc2cc(F)ccc2F)cc1OC. The predicted octanol–water partition coefficient (Wildman–Crippen LogP) is 4.69. The topological polar surface area (TPSA) is 98.9 Å². The number of carbonyl (C=O) groups is 1. The number of nitrogens with zero attached hydrogens (tertiary/aromatic N) is 1. The van der Waals surface area contributed by atoms with Crippen molar-refractivity contribution in [3.05, 3.63) is 82.4 Å². The van der Waals surface area contributed by atoms with E-state index in [2.05, 4.69) is 0 Å². The van der Waals surface area contributed by atoms with Crippen LogP contribution >= 0.6 is 11.6 Å². The van der Waals surface area contributed by atoms with Gasteiger partial charge in [-0.3, -0.25) is 9.10 Å². The van der Waals surface area contributed by atoms with Crippen molar-refractivity contribution < 1.29 is 31.5 Å². The summed E-state index contributed by atoms with van der Waals surface area (Å²) in [4.78, 5) is 11.2. The van der Waals surface area contributed by atoms with Gasteiger partial charge in [0.25, 0.3) is 10.0 Å². The van der Waals surface area contributed by atoms with Gasteiger partial charge in [0.15, 0.2) is 11.5 Å². The van der Waals surface area contributed by atoms with Crippen LogP contribution in [0.5, 0.6) is 11.5 Å². The third kappa shape index (κ3) is 6.24. The van der Waals surface area contributed by atoms with Crippen molar-refractivity contribution in [2.45, 2.75) is 24.2 Å². The molecule has 0 fully saturated rings. The summed E-state index contributed by atoms with van der Waals surface area (Å²) >= 11 is 6.18. The molecule has 11 heteroatoms. The summed E-state index contributed by atoms with van der Waals surface area (Å²) < 4.78 is 67.4. The van der Waals surface area contributed by atoms with Crippen molar-refractivity contribution in [1.29, 1.82) is 0 Å². The van der Waals surface area contributed by atoms with Gasteiger partial charge in [-0.2, -0.15) is 0 Å². The lowest BCUT2D eigenvalue weighted by Crippen LogP contribution is -2.33. The zero-order chi connectivity index (χ0) is 26.5. The summed E-state index contributed by atoms with van der Waals surface area (Å²) in [7, 11) is -1.42.